The quantitative estimate of drug-likeness (QED) is 0.182. The number of halogens is 1. The maximum atomic E-state index is 15.0. The number of anilines is 1. The van der Waals surface area contributed by atoms with E-state index in [0.29, 0.717) is 37.4 Å². The average molecular weight is 501 g/mol. The van der Waals surface area contributed by atoms with Crippen LogP contribution in [0.25, 0.3) is 11.1 Å². The molecule has 1 atom stereocenters. The van der Waals surface area contributed by atoms with Crippen molar-refractivity contribution in [3.8, 4) is 11.1 Å². The molecule has 1 aliphatic heterocycles. The summed E-state index contributed by atoms with van der Waals surface area (Å²) in [4.78, 5) is 38.6. The SMILES string of the molecule is COC(CCC(C)=O)CON=C1CN(c2ncc(-c3cccc(COC(=O)CC(=N)N)c3F)cn2)C1. The van der Waals surface area contributed by atoms with Crippen molar-refractivity contribution in [2.75, 3.05) is 31.7 Å². The zero-order valence-electron chi connectivity index (χ0n) is 20.2. The van der Waals surface area contributed by atoms with Crippen molar-refractivity contribution in [3.05, 3.63) is 42.0 Å². The zero-order chi connectivity index (χ0) is 26.1. The number of ketones is 1. The molecular weight excluding hydrogens is 471 g/mol. The summed E-state index contributed by atoms with van der Waals surface area (Å²) in [5.74, 6) is -0.984. The third kappa shape index (κ3) is 7.54. The molecule has 1 aromatic carbocycles. The van der Waals surface area contributed by atoms with Crippen LogP contribution in [0.1, 0.15) is 31.7 Å². The Bertz CT molecular complexity index is 1120. The lowest BCUT2D eigenvalue weighted by molar-refractivity contribution is -0.143. The summed E-state index contributed by atoms with van der Waals surface area (Å²) >= 11 is 0. The molecule has 192 valence electrons. The summed E-state index contributed by atoms with van der Waals surface area (Å²) in [6, 6.07) is 4.74. The predicted octanol–water partition coefficient (Wildman–Crippen LogP) is 2.23. The smallest absolute Gasteiger partial charge is 0.313 e. The Hall–Kier alpha value is -3.93. The van der Waals surface area contributed by atoms with E-state index >= 15 is 0 Å². The standard InChI is InChI=1S/C24H29FN6O5/c1-15(32)6-7-19(34-2)14-36-30-18-11-31(12-18)24-28-9-17(10-29-24)20-5-3-4-16(23(20)25)13-35-22(33)8-21(26)27/h3-5,9-10,19H,6-8,11-14H2,1-2H3,(H3,26,27). The van der Waals surface area contributed by atoms with Gasteiger partial charge in [-0.3, -0.25) is 10.2 Å². The minimum Gasteiger partial charge on any atom is -0.460 e. The van der Waals surface area contributed by atoms with Gasteiger partial charge < -0.3 is 29.7 Å². The Balaban J connectivity index is 1.52. The first-order chi connectivity index (χ1) is 17.3. The summed E-state index contributed by atoms with van der Waals surface area (Å²) in [6.45, 7) is 2.53. The number of nitrogens with zero attached hydrogens (tertiary/aromatic N) is 4. The number of nitrogens with one attached hydrogen (secondary N) is 1. The molecule has 1 saturated heterocycles. The highest BCUT2D eigenvalue weighted by Crippen LogP contribution is 2.26. The van der Waals surface area contributed by atoms with E-state index in [-0.39, 0.29) is 48.5 Å². The van der Waals surface area contributed by atoms with Crippen molar-refractivity contribution in [1.29, 1.82) is 5.41 Å². The van der Waals surface area contributed by atoms with Gasteiger partial charge in [-0.15, -0.1) is 0 Å². The van der Waals surface area contributed by atoms with Gasteiger partial charge in [-0.2, -0.15) is 0 Å². The van der Waals surface area contributed by atoms with Gasteiger partial charge in [-0.1, -0.05) is 23.4 Å². The number of rotatable bonds is 13. The number of ether oxygens (including phenoxy) is 2. The fourth-order valence-corrected chi connectivity index (χ4v) is 3.34. The summed E-state index contributed by atoms with van der Waals surface area (Å²) in [6.07, 6.45) is 3.52. The van der Waals surface area contributed by atoms with Crippen LogP contribution >= 0.6 is 0 Å². The van der Waals surface area contributed by atoms with Crippen LogP contribution in [-0.4, -0.2) is 66.2 Å². The number of oxime groups is 1. The molecule has 0 radical (unpaired) electrons. The number of carbonyl (C=O) groups is 2. The Morgan fingerprint density at radius 1 is 1.28 bits per heavy atom. The van der Waals surface area contributed by atoms with Gasteiger partial charge in [0.15, 0.2) is 0 Å². The molecule has 36 heavy (non-hydrogen) atoms. The summed E-state index contributed by atoms with van der Waals surface area (Å²) < 4.78 is 25.2. The van der Waals surface area contributed by atoms with Gasteiger partial charge in [0.1, 0.15) is 37.1 Å². The number of methoxy groups -OCH3 is 1. The van der Waals surface area contributed by atoms with Crippen LogP contribution in [0.2, 0.25) is 0 Å². The lowest BCUT2D eigenvalue weighted by atomic mass is 10.1. The largest absolute Gasteiger partial charge is 0.460 e. The van der Waals surface area contributed by atoms with Crippen LogP contribution in [0.15, 0.2) is 35.7 Å². The highest BCUT2D eigenvalue weighted by atomic mass is 19.1. The molecule has 1 aromatic heterocycles. The molecule has 12 heteroatoms. The van der Waals surface area contributed by atoms with Crippen LogP contribution < -0.4 is 10.6 Å². The van der Waals surface area contributed by atoms with Crippen molar-refractivity contribution >= 4 is 29.2 Å². The first-order valence-corrected chi connectivity index (χ1v) is 11.3. The fraction of sp³-hybridized carbons (Fsp3) is 0.417. The van der Waals surface area contributed by atoms with E-state index in [4.69, 9.17) is 25.5 Å². The number of aromatic nitrogens is 2. The lowest BCUT2D eigenvalue weighted by Crippen LogP contribution is -2.48. The van der Waals surface area contributed by atoms with E-state index < -0.39 is 11.8 Å². The molecule has 1 fully saturated rings. The third-order valence-corrected chi connectivity index (χ3v) is 5.39. The van der Waals surface area contributed by atoms with Gasteiger partial charge in [-0.25, -0.2) is 14.4 Å². The van der Waals surface area contributed by atoms with Gasteiger partial charge >= 0.3 is 5.97 Å². The number of nitrogens with two attached hydrogens (primary N) is 1. The van der Waals surface area contributed by atoms with E-state index in [1.165, 1.54) is 25.4 Å². The highest BCUT2D eigenvalue weighted by molar-refractivity contribution is 5.98. The molecule has 3 N–H and O–H groups in total. The number of hydrogen-bond acceptors (Lipinski definition) is 10. The topological polar surface area (TPSA) is 153 Å². The van der Waals surface area contributed by atoms with Gasteiger partial charge in [0.2, 0.25) is 5.95 Å². The van der Waals surface area contributed by atoms with Crippen LogP contribution in [-0.2, 0) is 30.5 Å². The van der Waals surface area contributed by atoms with Crippen molar-refractivity contribution in [2.45, 2.75) is 38.9 Å². The van der Waals surface area contributed by atoms with Gasteiger partial charge in [0.25, 0.3) is 0 Å². The van der Waals surface area contributed by atoms with Crippen molar-refractivity contribution in [3.63, 3.8) is 0 Å². The monoisotopic (exact) mass is 500 g/mol. The molecule has 1 aliphatic rings. The van der Waals surface area contributed by atoms with E-state index in [9.17, 15) is 14.0 Å². The van der Waals surface area contributed by atoms with Crippen LogP contribution in [0.3, 0.4) is 0 Å². The number of amidine groups is 1. The Kier molecular flexibility index (Phi) is 9.39. The molecule has 0 bridgehead atoms. The fourth-order valence-electron chi connectivity index (χ4n) is 3.34. The minimum atomic E-state index is -0.700. The number of hydrogen-bond donors (Lipinski definition) is 2. The molecule has 0 aliphatic carbocycles. The highest BCUT2D eigenvalue weighted by Gasteiger charge is 2.25. The van der Waals surface area contributed by atoms with E-state index in [1.54, 1.807) is 19.2 Å². The molecule has 0 amide bonds. The molecule has 0 saturated carbocycles. The molecule has 1 unspecified atom stereocenters. The summed E-state index contributed by atoms with van der Waals surface area (Å²) in [5.41, 5.74) is 6.93. The molecule has 3 rings (SSSR count). The van der Waals surface area contributed by atoms with Crippen molar-refractivity contribution in [1.82, 2.24) is 9.97 Å². The number of benzene rings is 1. The molecule has 11 nitrogen and oxygen atoms in total. The maximum Gasteiger partial charge on any atom is 0.313 e. The van der Waals surface area contributed by atoms with Gasteiger partial charge in [0.05, 0.1) is 24.9 Å². The molecular formula is C24H29FN6O5. The van der Waals surface area contributed by atoms with E-state index in [2.05, 4.69) is 15.1 Å². The molecule has 2 heterocycles. The van der Waals surface area contributed by atoms with Crippen molar-refractivity contribution < 1.29 is 28.3 Å². The second kappa shape index (κ2) is 12.7. The Morgan fingerprint density at radius 2 is 2.00 bits per heavy atom. The third-order valence-electron chi connectivity index (χ3n) is 5.39. The summed E-state index contributed by atoms with van der Waals surface area (Å²) in [5, 5.41) is 11.2. The number of esters is 1. The summed E-state index contributed by atoms with van der Waals surface area (Å²) in [7, 11) is 1.57. The van der Waals surface area contributed by atoms with Gasteiger partial charge in [-0.05, 0) is 13.3 Å². The zero-order valence-corrected chi connectivity index (χ0v) is 20.2. The number of Topliss-reactive ketones (excluding diaryl/α,β-unsaturated/α-hetero) is 1. The second-order valence-corrected chi connectivity index (χ2v) is 8.32. The Labute approximate surface area is 207 Å². The lowest BCUT2D eigenvalue weighted by Gasteiger charge is -2.32. The van der Waals surface area contributed by atoms with Gasteiger partial charge in [0, 0.05) is 42.6 Å². The Morgan fingerprint density at radius 3 is 2.64 bits per heavy atom. The van der Waals surface area contributed by atoms with Crippen LogP contribution in [0, 0.1) is 11.2 Å². The normalized spacial score (nSPS) is 13.5. The predicted molar refractivity (Wildman–Crippen MR) is 130 cm³/mol. The van der Waals surface area contributed by atoms with Crippen LogP contribution in [0.5, 0.6) is 0 Å². The number of carbonyl (C=O) groups excluding carboxylic acids is 2. The average Bonchev–Trinajstić information content (AvgIpc) is 2.81. The second-order valence-electron chi connectivity index (χ2n) is 8.32. The molecule has 2 aromatic rings. The minimum absolute atomic E-state index is 0.103. The van der Waals surface area contributed by atoms with Crippen molar-refractivity contribution in [2.24, 2.45) is 10.9 Å². The maximum absolute atomic E-state index is 15.0. The molecule has 0 spiro atoms. The van der Waals surface area contributed by atoms with E-state index in [1.807, 2.05) is 4.90 Å². The van der Waals surface area contributed by atoms with E-state index in [0.717, 1.165) is 5.71 Å². The first-order valence-electron chi connectivity index (χ1n) is 11.3. The van der Waals surface area contributed by atoms with Crippen LogP contribution in [0.4, 0.5) is 10.3 Å². The first kappa shape index (κ1) is 26.7.